The predicted molar refractivity (Wildman–Crippen MR) is 94.9 cm³/mol. The van der Waals surface area contributed by atoms with Gasteiger partial charge in [-0.25, -0.2) is 0 Å². The zero-order valence-corrected chi connectivity index (χ0v) is 15.3. The zero-order chi connectivity index (χ0) is 18.0. The van der Waals surface area contributed by atoms with Crippen LogP contribution in [0.25, 0.3) is 0 Å². The van der Waals surface area contributed by atoms with Crippen LogP contribution in [0, 0.1) is 0 Å². The van der Waals surface area contributed by atoms with Crippen LogP contribution < -0.4 is 19.5 Å². The first-order chi connectivity index (χ1) is 11.1. The van der Waals surface area contributed by atoms with Crippen molar-refractivity contribution < 1.29 is 19.3 Å². The Morgan fingerprint density at radius 2 is 2.04 bits per heavy atom. The highest BCUT2D eigenvalue weighted by Gasteiger charge is 2.35. The minimum atomic E-state index is -0.723. The van der Waals surface area contributed by atoms with Crippen molar-refractivity contribution in [1.82, 2.24) is 5.32 Å². The molecule has 0 aliphatic carbocycles. The molecular formula is C19H29NO4. The Kier molecular flexibility index (Phi) is 5.45. The van der Waals surface area contributed by atoms with Crippen LogP contribution >= 0.6 is 0 Å². The Morgan fingerprint density at radius 1 is 1.33 bits per heavy atom. The van der Waals surface area contributed by atoms with E-state index in [-0.39, 0.29) is 12.1 Å². The molecule has 0 saturated heterocycles. The number of aliphatic hydroxyl groups excluding tert-OH is 1. The molecule has 5 heteroatoms. The number of ether oxygens (including phenoxy) is 3. The van der Waals surface area contributed by atoms with Crippen LogP contribution in [-0.2, 0) is 6.42 Å². The fourth-order valence-electron chi connectivity index (χ4n) is 2.43. The molecule has 134 valence electrons. The normalized spacial score (nSPS) is 16.8. The van der Waals surface area contributed by atoms with E-state index in [2.05, 4.69) is 32.7 Å². The summed E-state index contributed by atoms with van der Waals surface area (Å²) < 4.78 is 17.6. The maximum absolute atomic E-state index is 10.2. The van der Waals surface area contributed by atoms with E-state index in [4.69, 9.17) is 14.2 Å². The monoisotopic (exact) mass is 335 g/mol. The van der Waals surface area contributed by atoms with Gasteiger partial charge in [0.15, 0.2) is 11.5 Å². The Morgan fingerprint density at radius 3 is 2.67 bits per heavy atom. The average molecular weight is 335 g/mol. The molecule has 0 radical (unpaired) electrons. The maximum Gasteiger partial charge on any atom is 0.246 e. The quantitative estimate of drug-likeness (QED) is 0.750. The van der Waals surface area contributed by atoms with E-state index in [0.29, 0.717) is 30.2 Å². The number of rotatable bonds is 7. The van der Waals surface area contributed by atoms with Crippen LogP contribution in [0.15, 0.2) is 24.8 Å². The summed E-state index contributed by atoms with van der Waals surface area (Å²) in [7, 11) is 0. The second kappa shape index (κ2) is 7.03. The molecule has 1 aromatic carbocycles. The topological polar surface area (TPSA) is 60.0 Å². The molecule has 0 saturated carbocycles. The second-order valence-electron chi connectivity index (χ2n) is 7.57. The van der Waals surface area contributed by atoms with Crippen LogP contribution in [0.5, 0.6) is 17.2 Å². The minimum absolute atomic E-state index is 0.0516. The number of benzene rings is 1. The van der Waals surface area contributed by atoms with Crippen LogP contribution in [0.2, 0.25) is 0 Å². The van der Waals surface area contributed by atoms with Crippen molar-refractivity contribution in [3.8, 4) is 17.2 Å². The molecule has 1 atom stereocenters. The number of nitrogens with one attached hydrogen (secondary N) is 1. The van der Waals surface area contributed by atoms with Gasteiger partial charge in [-0.1, -0.05) is 12.1 Å². The number of hydrogen-bond acceptors (Lipinski definition) is 5. The van der Waals surface area contributed by atoms with Crippen molar-refractivity contribution in [2.75, 3.05) is 13.2 Å². The van der Waals surface area contributed by atoms with E-state index >= 15 is 0 Å². The lowest BCUT2D eigenvalue weighted by molar-refractivity contribution is -0.0443. The summed E-state index contributed by atoms with van der Waals surface area (Å²) in [5.74, 6) is 1.15. The standard InChI is InChI=1S/C19H29NO4/c1-7-8-13-9-10-15-17(24-19(5,6)23-15)16(13)22-12-14(21)11-20-18(2,3)4/h7,9-10,14,20-21H,1,8,11-12H2,2-6H3. The second-order valence-corrected chi connectivity index (χ2v) is 7.57. The first-order valence-corrected chi connectivity index (χ1v) is 8.32. The molecule has 0 spiro atoms. The molecule has 5 nitrogen and oxygen atoms in total. The summed E-state index contributed by atoms with van der Waals surface area (Å²) in [4.78, 5) is 0. The van der Waals surface area contributed by atoms with Gasteiger partial charge in [0, 0.05) is 31.5 Å². The smallest absolute Gasteiger partial charge is 0.246 e. The molecule has 0 amide bonds. The number of aliphatic hydroxyl groups is 1. The van der Waals surface area contributed by atoms with Gasteiger partial charge in [0.1, 0.15) is 12.7 Å². The van der Waals surface area contributed by atoms with Crippen LogP contribution in [0.1, 0.15) is 40.2 Å². The molecule has 24 heavy (non-hydrogen) atoms. The Bertz CT molecular complexity index is 590. The van der Waals surface area contributed by atoms with Crippen molar-refractivity contribution in [1.29, 1.82) is 0 Å². The fourth-order valence-corrected chi connectivity index (χ4v) is 2.43. The van der Waals surface area contributed by atoms with E-state index in [1.807, 2.05) is 32.1 Å². The lowest BCUT2D eigenvalue weighted by Gasteiger charge is -2.23. The molecule has 1 unspecified atom stereocenters. The van der Waals surface area contributed by atoms with Crippen molar-refractivity contribution in [3.05, 3.63) is 30.4 Å². The third-order valence-corrected chi connectivity index (χ3v) is 3.51. The summed E-state index contributed by atoms with van der Waals surface area (Å²) >= 11 is 0. The van der Waals surface area contributed by atoms with Crippen LogP contribution in [-0.4, -0.2) is 35.7 Å². The van der Waals surface area contributed by atoms with Crippen LogP contribution in [0.4, 0.5) is 0 Å². The summed E-state index contributed by atoms with van der Waals surface area (Å²) in [5, 5.41) is 13.4. The first kappa shape index (κ1) is 18.6. The summed E-state index contributed by atoms with van der Waals surface area (Å²) in [6.45, 7) is 14.3. The molecule has 0 bridgehead atoms. The van der Waals surface area contributed by atoms with Gasteiger partial charge in [-0.15, -0.1) is 6.58 Å². The van der Waals surface area contributed by atoms with Gasteiger partial charge in [-0.3, -0.25) is 0 Å². The third-order valence-electron chi connectivity index (χ3n) is 3.51. The van der Waals surface area contributed by atoms with Gasteiger partial charge in [-0.2, -0.15) is 0 Å². The highest BCUT2D eigenvalue weighted by Crippen LogP contribution is 2.47. The largest absolute Gasteiger partial charge is 0.486 e. The molecule has 1 aromatic rings. The molecule has 0 fully saturated rings. The predicted octanol–water partition coefficient (Wildman–Crippen LogP) is 3.05. The van der Waals surface area contributed by atoms with E-state index in [1.54, 1.807) is 0 Å². The summed E-state index contributed by atoms with van der Waals surface area (Å²) in [6, 6.07) is 3.83. The molecule has 1 heterocycles. The molecule has 0 aromatic heterocycles. The third kappa shape index (κ3) is 4.89. The number of allylic oxidation sites excluding steroid dienone is 1. The molecule has 2 rings (SSSR count). The van der Waals surface area contributed by atoms with E-state index in [1.165, 1.54) is 0 Å². The Labute approximate surface area is 144 Å². The average Bonchev–Trinajstić information content (AvgIpc) is 2.77. The van der Waals surface area contributed by atoms with E-state index in [0.717, 1.165) is 5.56 Å². The van der Waals surface area contributed by atoms with Crippen molar-refractivity contribution >= 4 is 0 Å². The van der Waals surface area contributed by atoms with E-state index < -0.39 is 11.9 Å². The van der Waals surface area contributed by atoms with Gasteiger partial charge < -0.3 is 24.6 Å². The van der Waals surface area contributed by atoms with Gasteiger partial charge in [0.05, 0.1) is 0 Å². The van der Waals surface area contributed by atoms with Crippen molar-refractivity contribution in [2.24, 2.45) is 0 Å². The van der Waals surface area contributed by atoms with Crippen molar-refractivity contribution in [3.63, 3.8) is 0 Å². The summed E-state index contributed by atoms with van der Waals surface area (Å²) in [6.07, 6.45) is 1.85. The minimum Gasteiger partial charge on any atom is -0.486 e. The Balaban J connectivity index is 2.11. The molecule has 2 N–H and O–H groups in total. The summed E-state index contributed by atoms with van der Waals surface area (Å²) in [5.41, 5.74) is 0.908. The van der Waals surface area contributed by atoms with Gasteiger partial charge in [0.2, 0.25) is 11.5 Å². The maximum atomic E-state index is 10.2. The fraction of sp³-hybridized carbons (Fsp3) is 0.579. The Hall–Kier alpha value is -1.72. The number of hydrogen-bond donors (Lipinski definition) is 2. The van der Waals surface area contributed by atoms with Gasteiger partial charge in [-0.05, 0) is 33.3 Å². The lowest BCUT2D eigenvalue weighted by atomic mass is 10.1. The van der Waals surface area contributed by atoms with Gasteiger partial charge in [0.25, 0.3) is 0 Å². The molecular weight excluding hydrogens is 306 g/mol. The van der Waals surface area contributed by atoms with E-state index in [9.17, 15) is 5.11 Å². The molecule has 1 aliphatic heterocycles. The zero-order valence-electron chi connectivity index (χ0n) is 15.3. The first-order valence-electron chi connectivity index (χ1n) is 8.32. The van der Waals surface area contributed by atoms with Gasteiger partial charge >= 0.3 is 0 Å². The molecule has 1 aliphatic rings. The highest BCUT2D eigenvalue weighted by atomic mass is 16.7. The number of fused-ring (bicyclic) bond motifs is 1. The highest BCUT2D eigenvalue weighted by molar-refractivity contribution is 5.58. The SMILES string of the molecule is C=CCc1ccc2c(c1OCC(O)CNC(C)(C)C)OC(C)(C)O2. The lowest BCUT2D eigenvalue weighted by Crippen LogP contribution is -2.42. The van der Waals surface area contributed by atoms with Crippen molar-refractivity contribution in [2.45, 2.75) is 58.5 Å². The number of β-amino-alcohol motifs (C(OH)–C–C–N with tert-alkyl or cyclic N) is 1. The van der Waals surface area contributed by atoms with Crippen LogP contribution in [0.3, 0.4) is 0 Å².